The topological polar surface area (TPSA) is 73.7 Å². The molecule has 1 aromatic heterocycles. The first-order valence-electron chi connectivity index (χ1n) is 8.57. The summed E-state index contributed by atoms with van der Waals surface area (Å²) in [5.41, 5.74) is 2.83. The summed E-state index contributed by atoms with van der Waals surface area (Å²) < 4.78 is 0. The van der Waals surface area contributed by atoms with Crippen LogP contribution < -0.4 is 9.80 Å². The number of aromatic nitrogens is 1. The minimum Gasteiger partial charge on any atom is -0.394 e. The Kier molecular flexibility index (Phi) is 4.38. The average Bonchev–Trinajstić information content (AvgIpc) is 3.02. The number of hydrogen-bond acceptors (Lipinski definition) is 4. The first-order chi connectivity index (χ1) is 12.6. The summed E-state index contributed by atoms with van der Waals surface area (Å²) in [5, 5.41) is 10.1. The van der Waals surface area contributed by atoms with Crippen LogP contribution in [0.15, 0.2) is 36.7 Å². The number of pyridine rings is 1. The highest BCUT2D eigenvalue weighted by Crippen LogP contribution is 2.31. The zero-order valence-electron chi connectivity index (χ0n) is 14.1. The van der Waals surface area contributed by atoms with Crippen LogP contribution in [-0.2, 0) is 11.2 Å². The van der Waals surface area contributed by atoms with E-state index in [0.717, 1.165) is 5.56 Å². The van der Waals surface area contributed by atoms with Gasteiger partial charge in [0.2, 0.25) is 5.91 Å². The maximum Gasteiger partial charge on any atom is 0.258 e. The fraction of sp³-hybridized carbons (Fsp3) is 0.316. The van der Waals surface area contributed by atoms with E-state index in [1.54, 1.807) is 40.4 Å². The van der Waals surface area contributed by atoms with Gasteiger partial charge in [-0.3, -0.25) is 14.6 Å². The lowest BCUT2D eigenvalue weighted by atomic mass is 9.99. The van der Waals surface area contributed by atoms with Gasteiger partial charge in [0.05, 0.1) is 36.4 Å². The molecule has 2 aliphatic rings. The first-order valence-corrected chi connectivity index (χ1v) is 8.94. The maximum atomic E-state index is 12.9. The molecule has 1 fully saturated rings. The number of anilines is 2. The molecule has 1 atom stereocenters. The zero-order chi connectivity index (χ0) is 18.3. The summed E-state index contributed by atoms with van der Waals surface area (Å²) in [7, 11) is 0. The third kappa shape index (κ3) is 2.85. The molecule has 26 heavy (non-hydrogen) atoms. The number of hydrogen-bond donors (Lipinski definition) is 1. The highest BCUT2D eigenvalue weighted by atomic mass is 35.5. The van der Waals surface area contributed by atoms with Crippen LogP contribution in [0, 0.1) is 0 Å². The molecule has 1 aromatic carbocycles. The van der Waals surface area contributed by atoms with Crippen molar-refractivity contribution in [3.05, 3.63) is 52.8 Å². The van der Waals surface area contributed by atoms with E-state index in [-0.39, 0.29) is 24.5 Å². The van der Waals surface area contributed by atoms with E-state index in [0.29, 0.717) is 47.8 Å². The van der Waals surface area contributed by atoms with Gasteiger partial charge in [-0.1, -0.05) is 11.6 Å². The van der Waals surface area contributed by atoms with Crippen molar-refractivity contribution < 1.29 is 14.7 Å². The molecule has 2 aromatic rings. The van der Waals surface area contributed by atoms with E-state index in [9.17, 15) is 14.7 Å². The van der Waals surface area contributed by atoms with E-state index in [1.165, 1.54) is 0 Å². The summed E-state index contributed by atoms with van der Waals surface area (Å²) in [4.78, 5) is 32.5. The summed E-state index contributed by atoms with van der Waals surface area (Å²) in [6.07, 6.45) is 4.95. The average molecular weight is 372 g/mol. The Hall–Kier alpha value is -2.44. The smallest absolute Gasteiger partial charge is 0.258 e. The third-order valence-electron chi connectivity index (χ3n) is 4.98. The van der Waals surface area contributed by atoms with E-state index in [1.807, 2.05) is 6.07 Å². The summed E-state index contributed by atoms with van der Waals surface area (Å²) in [6.45, 7) is 0.432. The molecule has 2 amide bonds. The van der Waals surface area contributed by atoms with E-state index in [4.69, 9.17) is 11.6 Å². The molecule has 1 unspecified atom stereocenters. The van der Waals surface area contributed by atoms with Crippen LogP contribution in [0.5, 0.6) is 0 Å². The van der Waals surface area contributed by atoms with Crippen LogP contribution in [0.1, 0.15) is 28.8 Å². The fourth-order valence-electron chi connectivity index (χ4n) is 3.67. The standard InChI is InChI=1S/C19H18ClN3O3/c20-13-1-3-17-12(7-13)5-6-22(19(17)26)15-8-16(10-21-9-15)23-14(11-24)2-4-18(23)25/h1,3,7-10,14,24H,2,4-6,11H2. The number of benzene rings is 1. The lowest BCUT2D eigenvalue weighted by Gasteiger charge is -2.30. The second-order valence-corrected chi connectivity index (χ2v) is 6.98. The number of aliphatic hydroxyl groups is 1. The second-order valence-electron chi connectivity index (χ2n) is 6.55. The molecule has 3 heterocycles. The molecule has 7 heteroatoms. The second kappa shape index (κ2) is 6.70. The van der Waals surface area contributed by atoms with Crippen molar-refractivity contribution in [2.45, 2.75) is 25.3 Å². The number of carbonyl (C=O) groups is 2. The third-order valence-corrected chi connectivity index (χ3v) is 5.22. The van der Waals surface area contributed by atoms with Crippen LogP contribution in [0.2, 0.25) is 5.02 Å². The van der Waals surface area contributed by atoms with E-state index < -0.39 is 0 Å². The van der Waals surface area contributed by atoms with Crippen molar-refractivity contribution in [3.63, 3.8) is 0 Å². The Morgan fingerprint density at radius 2 is 1.96 bits per heavy atom. The van der Waals surface area contributed by atoms with Crippen molar-refractivity contribution >= 4 is 34.8 Å². The molecule has 1 saturated heterocycles. The van der Waals surface area contributed by atoms with Gasteiger partial charge in [-0.05, 0) is 42.7 Å². The Morgan fingerprint density at radius 1 is 1.15 bits per heavy atom. The number of fused-ring (bicyclic) bond motifs is 1. The molecule has 0 bridgehead atoms. The lowest BCUT2D eigenvalue weighted by molar-refractivity contribution is -0.117. The number of amides is 2. The highest BCUT2D eigenvalue weighted by molar-refractivity contribution is 6.30. The molecular formula is C19H18ClN3O3. The van der Waals surface area contributed by atoms with Gasteiger partial charge >= 0.3 is 0 Å². The molecule has 0 spiro atoms. The predicted molar refractivity (Wildman–Crippen MR) is 98.7 cm³/mol. The Balaban J connectivity index is 1.66. The summed E-state index contributed by atoms with van der Waals surface area (Å²) in [5.74, 6) is -0.138. The number of aliphatic hydroxyl groups excluding tert-OH is 1. The van der Waals surface area contributed by atoms with Crippen molar-refractivity contribution in [2.24, 2.45) is 0 Å². The van der Waals surface area contributed by atoms with Crippen molar-refractivity contribution in [1.82, 2.24) is 4.98 Å². The summed E-state index contributed by atoms with van der Waals surface area (Å²) >= 11 is 6.02. The number of rotatable bonds is 3. The van der Waals surface area contributed by atoms with Crippen molar-refractivity contribution in [1.29, 1.82) is 0 Å². The predicted octanol–water partition coefficient (Wildman–Crippen LogP) is 2.43. The minimum atomic E-state index is -0.237. The number of nitrogens with zero attached hydrogens (tertiary/aromatic N) is 3. The SMILES string of the molecule is O=C1c2ccc(Cl)cc2CCN1c1cncc(N2C(=O)CCC2CO)c1. The van der Waals surface area contributed by atoms with Gasteiger partial charge in [0.15, 0.2) is 0 Å². The summed E-state index contributed by atoms with van der Waals surface area (Å²) in [6, 6.07) is 6.84. The molecule has 0 saturated carbocycles. The largest absolute Gasteiger partial charge is 0.394 e. The van der Waals surface area contributed by atoms with Crippen LogP contribution in [0.3, 0.4) is 0 Å². The molecular weight excluding hydrogens is 354 g/mol. The van der Waals surface area contributed by atoms with Gasteiger partial charge in [0, 0.05) is 23.6 Å². The monoisotopic (exact) mass is 371 g/mol. The van der Waals surface area contributed by atoms with Gasteiger partial charge in [0.25, 0.3) is 5.91 Å². The fourth-order valence-corrected chi connectivity index (χ4v) is 3.86. The lowest BCUT2D eigenvalue weighted by Crippen LogP contribution is -2.38. The molecule has 1 N–H and O–H groups in total. The highest BCUT2D eigenvalue weighted by Gasteiger charge is 2.33. The molecule has 134 valence electrons. The van der Waals surface area contributed by atoms with Crippen LogP contribution in [0.25, 0.3) is 0 Å². The first kappa shape index (κ1) is 17.0. The number of halogens is 1. The van der Waals surface area contributed by atoms with Crippen LogP contribution >= 0.6 is 11.6 Å². The van der Waals surface area contributed by atoms with Crippen LogP contribution in [0.4, 0.5) is 11.4 Å². The van der Waals surface area contributed by atoms with Gasteiger partial charge in [-0.15, -0.1) is 0 Å². The molecule has 6 nitrogen and oxygen atoms in total. The quantitative estimate of drug-likeness (QED) is 0.899. The molecule has 0 radical (unpaired) electrons. The Morgan fingerprint density at radius 3 is 2.77 bits per heavy atom. The van der Waals surface area contributed by atoms with Gasteiger partial charge in [-0.25, -0.2) is 0 Å². The van der Waals surface area contributed by atoms with Gasteiger partial charge < -0.3 is 14.9 Å². The maximum absolute atomic E-state index is 12.9. The Bertz CT molecular complexity index is 886. The van der Waals surface area contributed by atoms with Crippen molar-refractivity contribution in [2.75, 3.05) is 23.0 Å². The van der Waals surface area contributed by atoms with Crippen LogP contribution in [-0.4, -0.2) is 41.1 Å². The van der Waals surface area contributed by atoms with E-state index in [2.05, 4.69) is 4.98 Å². The van der Waals surface area contributed by atoms with Gasteiger partial charge in [-0.2, -0.15) is 0 Å². The van der Waals surface area contributed by atoms with Gasteiger partial charge in [0.1, 0.15) is 0 Å². The van der Waals surface area contributed by atoms with Crippen molar-refractivity contribution in [3.8, 4) is 0 Å². The minimum absolute atomic E-state index is 0.0343. The number of carbonyl (C=O) groups excluding carboxylic acids is 2. The molecule has 0 aliphatic carbocycles. The molecule has 4 rings (SSSR count). The Labute approximate surface area is 156 Å². The van der Waals surface area contributed by atoms with E-state index >= 15 is 0 Å². The molecule has 2 aliphatic heterocycles. The normalized spacial score (nSPS) is 19.8. The zero-order valence-corrected chi connectivity index (χ0v) is 14.8.